The van der Waals surface area contributed by atoms with Crippen molar-refractivity contribution in [3.05, 3.63) is 35.9 Å². The molecule has 1 heterocycles. The molecule has 1 amide bonds. The van der Waals surface area contributed by atoms with Gasteiger partial charge in [0.15, 0.2) is 0 Å². The van der Waals surface area contributed by atoms with E-state index in [0.29, 0.717) is 12.8 Å². The second-order valence-corrected chi connectivity index (χ2v) is 5.43. The molecule has 1 aliphatic rings. The van der Waals surface area contributed by atoms with Gasteiger partial charge in [0, 0.05) is 19.0 Å². The third-order valence-corrected chi connectivity index (χ3v) is 3.79. The highest BCUT2D eigenvalue weighted by atomic mass is 19.4. The molecule has 2 N–H and O–H groups in total. The molecular weight excluding hydrogens is 281 g/mol. The lowest BCUT2D eigenvalue weighted by Crippen LogP contribution is -2.56. The molecule has 1 aliphatic heterocycles. The molecule has 0 spiro atoms. The Morgan fingerprint density at radius 2 is 1.90 bits per heavy atom. The first-order chi connectivity index (χ1) is 9.88. The van der Waals surface area contributed by atoms with Crippen molar-refractivity contribution in [1.29, 1.82) is 0 Å². The van der Waals surface area contributed by atoms with Gasteiger partial charge in [-0.25, -0.2) is 0 Å². The van der Waals surface area contributed by atoms with Gasteiger partial charge in [0.05, 0.1) is 0 Å². The van der Waals surface area contributed by atoms with Crippen molar-refractivity contribution in [3.63, 3.8) is 0 Å². The molecule has 1 aromatic carbocycles. The minimum atomic E-state index is -4.39. The fraction of sp³-hybridized carbons (Fsp3) is 0.533. The molecule has 1 aromatic rings. The first kappa shape index (κ1) is 15.8. The van der Waals surface area contributed by atoms with Crippen LogP contribution in [-0.4, -0.2) is 35.6 Å². The Balaban J connectivity index is 2.00. The summed E-state index contributed by atoms with van der Waals surface area (Å²) >= 11 is 0. The lowest BCUT2D eigenvalue weighted by Gasteiger charge is -2.39. The van der Waals surface area contributed by atoms with Crippen LogP contribution in [0.3, 0.4) is 0 Å². The van der Waals surface area contributed by atoms with E-state index >= 15 is 0 Å². The lowest BCUT2D eigenvalue weighted by molar-refractivity contribution is -0.196. The largest absolute Gasteiger partial charge is 0.408 e. The predicted molar refractivity (Wildman–Crippen MR) is 73.5 cm³/mol. The number of alkyl halides is 3. The van der Waals surface area contributed by atoms with Crippen molar-refractivity contribution in [2.24, 2.45) is 5.73 Å². The smallest absolute Gasteiger partial charge is 0.329 e. The second-order valence-electron chi connectivity index (χ2n) is 5.43. The van der Waals surface area contributed by atoms with E-state index in [0.717, 1.165) is 10.5 Å². The number of hydrogen-bond donors (Lipinski definition) is 1. The summed E-state index contributed by atoms with van der Waals surface area (Å²) in [7, 11) is 0. The van der Waals surface area contributed by atoms with Crippen LogP contribution in [-0.2, 0) is 11.2 Å². The van der Waals surface area contributed by atoms with Crippen LogP contribution in [0.2, 0.25) is 0 Å². The molecule has 116 valence electrons. The third-order valence-electron chi connectivity index (χ3n) is 3.79. The van der Waals surface area contributed by atoms with Gasteiger partial charge in [-0.2, -0.15) is 13.2 Å². The molecule has 2 atom stereocenters. The molecule has 0 bridgehead atoms. The van der Waals surface area contributed by atoms with Crippen molar-refractivity contribution in [2.75, 3.05) is 6.54 Å². The van der Waals surface area contributed by atoms with Gasteiger partial charge < -0.3 is 10.6 Å². The summed E-state index contributed by atoms with van der Waals surface area (Å²) in [6.45, 7) is -0.0161. The van der Waals surface area contributed by atoms with E-state index < -0.39 is 18.1 Å². The molecule has 1 fully saturated rings. The van der Waals surface area contributed by atoms with E-state index in [1.807, 2.05) is 30.3 Å². The van der Waals surface area contributed by atoms with Gasteiger partial charge in [0.2, 0.25) is 5.91 Å². The Kier molecular flexibility index (Phi) is 4.88. The Morgan fingerprint density at radius 1 is 1.24 bits per heavy atom. The number of nitrogens with two attached hydrogens (primary N) is 1. The van der Waals surface area contributed by atoms with Crippen molar-refractivity contribution >= 4 is 5.91 Å². The Bertz CT molecular complexity index is 476. The van der Waals surface area contributed by atoms with E-state index in [1.165, 1.54) is 0 Å². The quantitative estimate of drug-likeness (QED) is 0.932. The van der Waals surface area contributed by atoms with Crippen LogP contribution < -0.4 is 5.73 Å². The molecule has 0 aliphatic carbocycles. The minimum absolute atomic E-state index is 0.0161. The molecule has 0 saturated carbocycles. The number of benzene rings is 1. The molecule has 1 saturated heterocycles. The van der Waals surface area contributed by atoms with Crippen LogP contribution in [0.25, 0.3) is 0 Å². The minimum Gasteiger partial charge on any atom is -0.329 e. The number of hydrogen-bond acceptors (Lipinski definition) is 2. The third kappa shape index (κ3) is 4.20. The molecule has 0 aromatic heterocycles. The fourth-order valence-corrected chi connectivity index (χ4v) is 2.65. The highest BCUT2D eigenvalue weighted by Crippen LogP contribution is 2.32. The Morgan fingerprint density at radius 3 is 2.52 bits per heavy atom. The van der Waals surface area contributed by atoms with Gasteiger partial charge >= 0.3 is 6.18 Å². The van der Waals surface area contributed by atoms with E-state index in [2.05, 4.69) is 0 Å². The first-order valence-electron chi connectivity index (χ1n) is 7.03. The first-order valence-corrected chi connectivity index (χ1v) is 7.03. The lowest BCUT2D eigenvalue weighted by atomic mass is 9.97. The van der Waals surface area contributed by atoms with Crippen LogP contribution in [0.1, 0.15) is 24.8 Å². The average molecular weight is 300 g/mol. The number of likely N-dealkylation sites (tertiary alicyclic amines) is 1. The van der Waals surface area contributed by atoms with Crippen LogP contribution in [0.15, 0.2) is 30.3 Å². The molecule has 6 heteroatoms. The van der Waals surface area contributed by atoms with Crippen LogP contribution in [0.4, 0.5) is 13.2 Å². The van der Waals surface area contributed by atoms with E-state index in [4.69, 9.17) is 5.73 Å². The summed E-state index contributed by atoms with van der Waals surface area (Å²) in [5, 5.41) is 0. The zero-order valence-corrected chi connectivity index (χ0v) is 11.6. The van der Waals surface area contributed by atoms with Gasteiger partial charge in [-0.05, 0) is 24.8 Å². The normalized spacial score (nSPS) is 23.1. The zero-order valence-electron chi connectivity index (χ0n) is 11.6. The van der Waals surface area contributed by atoms with Crippen LogP contribution in [0, 0.1) is 0 Å². The topological polar surface area (TPSA) is 46.3 Å². The van der Waals surface area contributed by atoms with Crippen LogP contribution >= 0.6 is 0 Å². The number of carbonyl (C=O) groups excluding carboxylic acids is 1. The van der Waals surface area contributed by atoms with Gasteiger partial charge in [-0.15, -0.1) is 0 Å². The van der Waals surface area contributed by atoms with Crippen molar-refractivity contribution in [1.82, 2.24) is 4.90 Å². The summed E-state index contributed by atoms with van der Waals surface area (Å²) in [5.41, 5.74) is 6.65. The van der Waals surface area contributed by atoms with Gasteiger partial charge in [-0.3, -0.25) is 4.79 Å². The van der Waals surface area contributed by atoms with Gasteiger partial charge in [0.25, 0.3) is 0 Å². The molecule has 3 nitrogen and oxygen atoms in total. The summed E-state index contributed by atoms with van der Waals surface area (Å²) in [6, 6.07) is 7.19. The predicted octanol–water partition coefficient (Wildman–Crippen LogP) is 2.50. The van der Waals surface area contributed by atoms with Crippen molar-refractivity contribution in [3.8, 4) is 0 Å². The highest BCUT2D eigenvalue weighted by Gasteiger charge is 2.47. The zero-order chi connectivity index (χ0) is 15.5. The van der Waals surface area contributed by atoms with E-state index in [-0.39, 0.29) is 25.4 Å². The number of carbonyl (C=O) groups is 1. The number of nitrogens with zero attached hydrogens (tertiary/aromatic N) is 1. The summed E-state index contributed by atoms with van der Waals surface area (Å²) in [5.74, 6) is -0.476. The maximum absolute atomic E-state index is 13.0. The average Bonchev–Trinajstić information content (AvgIpc) is 2.44. The molecule has 0 radical (unpaired) electrons. The number of piperidine rings is 1. The standard InChI is InChI=1S/C15H19F3N2O/c16-15(17,18)13-8-7-12(19)10-20(13)14(21)9-6-11-4-2-1-3-5-11/h1-5,12-13H,6-10,19H2/t12-,13-/m1/s1. The molecule has 2 rings (SSSR count). The van der Waals surface area contributed by atoms with Crippen molar-refractivity contribution in [2.45, 2.75) is 43.9 Å². The van der Waals surface area contributed by atoms with Crippen molar-refractivity contribution < 1.29 is 18.0 Å². The fourth-order valence-electron chi connectivity index (χ4n) is 2.65. The maximum Gasteiger partial charge on any atom is 0.408 e. The Labute approximate surface area is 121 Å². The second kappa shape index (κ2) is 6.47. The number of amides is 1. The molecular formula is C15H19F3N2O. The summed E-state index contributed by atoms with van der Waals surface area (Å²) < 4.78 is 39.0. The van der Waals surface area contributed by atoms with Crippen LogP contribution in [0.5, 0.6) is 0 Å². The highest BCUT2D eigenvalue weighted by molar-refractivity contribution is 5.77. The van der Waals surface area contributed by atoms with Gasteiger partial charge in [0.1, 0.15) is 6.04 Å². The number of aryl methyl sites for hydroxylation is 1. The molecule has 0 unspecified atom stereocenters. The SMILES string of the molecule is N[C@@H]1CC[C@H](C(F)(F)F)N(C(=O)CCc2ccccc2)C1. The summed E-state index contributed by atoms with van der Waals surface area (Å²) in [4.78, 5) is 13.1. The monoisotopic (exact) mass is 300 g/mol. The number of halogens is 3. The van der Waals surface area contributed by atoms with E-state index in [9.17, 15) is 18.0 Å². The number of rotatable bonds is 3. The van der Waals surface area contributed by atoms with Gasteiger partial charge in [-0.1, -0.05) is 30.3 Å². The maximum atomic E-state index is 13.0. The summed E-state index contributed by atoms with van der Waals surface area (Å²) in [6.07, 6.45) is -3.68. The van der Waals surface area contributed by atoms with E-state index in [1.54, 1.807) is 0 Å². The molecule has 21 heavy (non-hydrogen) atoms. The Hall–Kier alpha value is -1.56.